The Morgan fingerprint density at radius 2 is 1.00 bits per heavy atom. The molecule has 0 saturated carbocycles. The molecule has 0 unspecified atom stereocenters. The molecule has 0 fully saturated rings. The molecule has 0 nitrogen and oxygen atoms in total. The molecule has 0 amide bonds. The van der Waals surface area contributed by atoms with Gasteiger partial charge in [-0.3, -0.25) is 0 Å². The topological polar surface area (TPSA) is 0 Å². The third kappa shape index (κ3) is 3.00. The van der Waals surface area contributed by atoms with Crippen LogP contribution in [0.1, 0.15) is 34.6 Å². The van der Waals surface area contributed by atoms with Gasteiger partial charge in [0.1, 0.15) is 0 Å². The first kappa shape index (κ1) is 15.0. The molecule has 0 rings (SSSR count). The van der Waals surface area contributed by atoms with Gasteiger partial charge in [0, 0.05) is 0 Å². The van der Waals surface area contributed by atoms with Gasteiger partial charge in [-0.2, -0.15) is 22.2 Å². The first-order valence-electron chi connectivity index (χ1n) is 5.78. The van der Waals surface area contributed by atoms with Crippen LogP contribution in [-0.2, 0) is 0 Å². The highest BCUT2D eigenvalue weighted by Crippen LogP contribution is 2.44. The van der Waals surface area contributed by atoms with E-state index in [-0.39, 0.29) is 0 Å². The third-order valence-electron chi connectivity index (χ3n) is 3.90. The predicted molar refractivity (Wildman–Crippen MR) is 74.6 cm³/mol. The lowest BCUT2D eigenvalue weighted by atomic mass is 10.9. The monoisotopic (exact) mass is 270 g/mol. The van der Waals surface area contributed by atoms with Crippen LogP contribution in [0.15, 0.2) is 0 Å². The van der Waals surface area contributed by atoms with Gasteiger partial charge >= 0.3 is 0 Å². The zero-order valence-corrected chi connectivity index (χ0v) is 13.7. The number of rotatable bonds is 6. The molecule has 4 heteroatoms. The van der Waals surface area contributed by atoms with Gasteiger partial charge in [0.25, 0.3) is 0 Å². The van der Waals surface area contributed by atoms with Crippen molar-refractivity contribution in [1.82, 2.24) is 0 Å². The molecular weight excluding hydrogens is 247 g/mol. The molecule has 0 aromatic heterocycles. The Kier molecular flexibility index (Phi) is 6.35. The quantitative estimate of drug-likeness (QED) is 0.450. The number of halogens is 2. The molecule has 0 bridgehead atoms. The molecule has 0 aromatic carbocycles. The van der Waals surface area contributed by atoms with Gasteiger partial charge in [0.15, 0.2) is 14.8 Å². The highest BCUT2D eigenvalue weighted by atomic mass is 35.6. The van der Waals surface area contributed by atoms with E-state index in [1.165, 1.54) is 0 Å². The first-order chi connectivity index (χ1) is 6.40. The Morgan fingerprint density at radius 3 is 1.14 bits per heavy atom. The Hall–Kier alpha value is 1.01. The smallest absolute Gasteiger partial charge is 0.157 e. The fourth-order valence-electron chi connectivity index (χ4n) is 2.19. The van der Waals surface area contributed by atoms with Crippen molar-refractivity contribution >= 4 is 36.9 Å². The van der Waals surface area contributed by atoms with Crippen molar-refractivity contribution in [3.05, 3.63) is 0 Å². The molecule has 0 aliphatic rings. The lowest BCUT2D eigenvalue weighted by Gasteiger charge is -2.38. The van der Waals surface area contributed by atoms with E-state index in [2.05, 4.69) is 34.6 Å². The second-order valence-corrected chi connectivity index (χ2v) is 18.0. The van der Waals surface area contributed by atoms with Gasteiger partial charge in [0.05, 0.1) is 0 Å². The summed E-state index contributed by atoms with van der Waals surface area (Å²) in [5.41, 5.74) is 0. The van der Waals surface area contributed by atoms with Crippen LogP contribution < -0.4 is 0 Å². The van der Waals surface area contributed by atoms with Crippen LogP contribution in [0.5, 0.6) is 0 Å². The van der Waals surface area contributed by atoms with Crippen molar-refractivity contribution in [2.45, 2.75) is 64.0 Å². The number of hydrogen-bond donors (Lipinski definition) is 0. The highest BCUT2D eigenvalue weighted by molar-refractivity contribution is 7.34. The summed E-state index contributed by atoms with van der Waals surface area (Å²) in [5, 5.41) is 0.628. The number of hydrogen-bond acceptors (Lipinski definition) is 0. The minimum absolute atomic E-state index is 0.628. The van der Waals surface area contributed by atoms with Gasteiger partial charge in [-0.05, 0) is 29.3 Å². The molecule has 0 spiro atoms. The molecule has 0 aliphatic heterocycles. The Labute approximate surface area is 101 Å². The van der Waals surface area contributed by atoms with Crippen molar-refractivity contribution < 1.29 is 0 Å². The summed E-state index contributed by atoms with van der Waals surface area (Å²) in [5.74, 6) is 0. The SMILES string of the molecule is CC[Si](Cl)(CC)C(C)[Si](Cl)(CC)CC. The van der Waals surface area contributed by atoms with E-state index in [1.54, 1.807) is 0 Å². The lowest BCUT2D eigenvalue weighted by Crippen LogP contribution is -2.45. The Morgan fingerprint density at radius 1 is 0.786 bits per heavy atom. The third-order valence-corrected chi connectivity index (χ3v) is 21.3. The van der Waals surface area contributed by atoms with Crippen molar-refractivity contribution in [1.29, 1.82) is 0 Å². The van der Waals surface area contributed by atoms with Crippen molar-refractivity contribution in [2.24, 2.45) is 0 Å². The van der Waals surface area contributed by atoms with Crippen LogP contribution in [0.2, 0.25) is 29.3 Å². The summed E-state index contributed by atoms with van der Waals surface area (Å²) in [6, 6.07) is 4.64. The fourth-order valence-corrected chi connectivity index (χ4v) is 16.1. The van der Waals surface area contributed by atoms with Gasteiger partial charge in [-0.1, -0.05) is 34.6 Å². The molecule has 0 atom stereocenters. The Bertz CT molecular complexity index is 148. The average Bonchev–Trinajstić information content (AvgIpc) is 2.25. The zero-order valence-electron chi connectivity index (χ0n) is 10.2. The molecule has 0 aromatic rings. The van der Waals surface area contributed by atoms with E-state index in [1.807, 2.05) is 0 Å². The zero-order chi connectivity index (χ0) is 11.4. The van der Waals surface area contributed by atoms with Crippen LogP contribution >= 0.6 is 22.2 Å². The van der Waals surface area contributed by atoms with E-state index in [4.69, 9.17) is 22.2 Å². The molecule has 14 heavy (non-hydrogen) atoms. The molecular formula is C10H24Cl2Si2. The Balaban J connectivity index is 4.80. The second-order valence-electron chi connectivity index (χ2n) is 4.21. The summed E-state index contributed by atoms with van der Waals surface area (Å²) in [4.78, 5) is 0. The van der Waals surface area contributed by atoms with Crippen LogP contribution in [0.25, 0.3) is 0 Å². The van der Waals surface area contributed by atoms with Gasteiger partial charge < -0.3 is 0 Å². The maximum atomic E-state index is 6.79. The first-order valence-corrected chi connectivity index (χ1v) is 12.8. The van der Waals surface area contributed by atoms with Crippen LogP contribution in [0.4, 0.5) is 0 Å². The summed E-state index contributed by atoms with van der Waals surface area (Å²) >= 11 is 13.6. The van der Waals surface area contributed by atoms with Crippen molar-refractivity contribution in [3.63, 3.8) is 0 Å². The summed E-state index contributed by atoms with van der Waals surface area (Å²) < 4.78 is 0. The molecule has 0 N–H and O–H groups in total. The van der Waals surface area contributed by atoms with E-state index in [0.717, 1.165) is 24.2 Å². The van der Waals surface area contributed by atoms with Gasteiger partial charge in [-0.15, -0.1) is 0 Å². The summed E-state index contributed by atoms with van der Waals surface area (Å²) in [7, 11) is -3.15. The van der Waals surface area contributed by atoms with E-state index < -0.39 is 14.8 Å². The molecule has 0 saturated heterocycles. The van der Waals surface area contributed by atoms with Crippen molar-refractivity contribution in [2.75, 3.05) is 0 Å². The summed E-state index contributed by atoms with van der Waals surface area (Å²) in [6.45, 7) is 11.2. The molecule has 0 aliphatic carbocycles. The largest absolute Gasteiger partial charge is 0.167 e. The van der Waals surface area contributed by atoms with E-state index in [0.29, 0.717) is 5.16 Å². The highest BCUT2D eigenvalue weighted by Gasteiger charge is 2.46. The normalized spacial score (nSPS) is 13.7. The average molecular weight is 271 g/mol. The maximum absolute atomic E-state index is 6.79. The molecule has 0 heterocycles. The minimum atomic E-state index is -1.58. The maximum Gasteiger partial charge on any atom is 0.157 e. The van der Waals surface area contributed by atoms with Crippen molar-refractivity contribution in [3.8, 4) is 0 Å². The van der Waals surface area contributed by atoms with Gasteiger partial charge in [0.2, 0.25) is 0 Å². The molecule has 86 valence electrons. The predicted octanol–water partition coefficient (Wildman–Crippen LogP) is 5.36. The van der Waals surface area contributed by atoms with E-state index >= 15 is 0 Å². The van der Waals surface area contributed by atoms with Crippen LogP contribution in [-0.4, -0.2) is 14.8 Å². The fraction of sp³-hybridized carbons (Fsp3) is 1.00. The minimum Gasteiger partial charge on any atom is -0.167 e. The standard InChI is InChI=1S/C10H24Cl2Si2/c1-6-13(11,7-2)10(5)14(12,8-3)9-4/h10H,6-9H2,1-5H3. The van der Waals surface area contributed by atoms with E-state index in [9.17, 15) is 0 Å². The van der Waals surface area contributed by atoms with Crippen LogP contribution in [0.3, 0.4) is 0 Å². The van der Waals surface area contributed by atoms with Gasteiger partial charge in [-0.25, -0.2) is 0 Å². The second kappa shape index (κ2) is 5.93. The summed E-state index contributed by atoms with van der Waals surface area (Å²) in [6.07, 6.45) is 0. The molecule has 0 radical (unpaired) electrons. The van der Waals surface area contributed by atoms with Crippen LogP contribution in [0, 0.1) is 0 Å². The lowest BCUT2D eigenvalue weighted by molar-refractivity contribution is 1.09.